The van der Waals surface area contributed by atoms with Gasteiger partial charge in [-0.25, -0.2) is 4.98 Å². The first-order valence-electron chi connectivity index (χ1n) is 6.05. The molecule has 1 fully saturated rings. The second-order valence-electron chi connectivity index (χ2n) is 4.85. The van der Waals surface area contributed by atoms with Gasteiger partial charge in [-0.1, -0.05) is 13.8 Å². The largest absolute Gasteiger partial charge is 0.334 e. The zero-order chi connectivity index (χ0) is 12.4. The molecule has 6 nitrogen and oxygen atoms in total. The number of likely N-dealkylation sites (tertiary alicyclic amines) is 1. The molecule has 0 spiro atoms. The van der Waals surface area contributed by atoms with Gasteiger partial charge in [0.25, 0.3) is 5.91 Å². The molecule has 17 heavy (non-hydrogen) atoms. The molecule has 0 radical (unpaired) electrons. The minimum absolute atomic E-state index is 0.0798. The van der Waals surface area contributed by atoms with E-state index in [0.29, 0.717) is 6.54 Å². The summed E-state index contributed by atoms with van der Waals surface area (Å²) in [5, 5.41) is 6.77. The highest BCUT2D eigenvalue weighted by molar-refractivity contribution is 5.90. The normalized spacial score (nSPS) is 20.9. The number of amides is 1. The molecule has 2 rings (SSSR count). The van der Waals surface area contributed by atoms with Crippen molar-refractivity contribution in [3.63, 3.8) is 0 Å². The smallest absolute Gasteiger partial charge is 0.293 e. The Labute approximate surface area is 101 Å². The summed E-state index contributed by atoms with van der Waals surface area (Å²) in [7, 11) is 0. The highest BCUT2D eigenvalue weighted by Crippen LogP contribution is 2.12. The zero-order valence-electron chi connectivity index (χ0n) is 10.3. The summed E-state index contributed by atoms with van der Waals surface area (Å²) in [4.78, 5) is 18.1. The maximum atomic E-state index is 12.1. The number of nitrogens with two attached hydrogens (primary N) is 1. The number of aromatic amines is 1. The molecule has 0 unspecified atom stereocenters. The van der Waals surface area contributed by atoms with E-state index in [0.717, 1.165) is 25.2 Å². The van der Waals surface area contributed by atoms with Crippen LogP contribution in [0.2, 0.25) is 0 Å². The summed E-state index contributed by atoms with van der Waals surface area (Å²) in [6.07, 6.45) is 1.93. The van der Waals surface area contributed by atoms with E-state index in [-0.39, 0.29) is 23.7 Å². The molecule has 0 bridgehead atoms. The SMILES string of the molecule is CC(C)c1nc(C(=O)N2CCC[C@@H](N)C2)n[nH]1. The van der Waals surface area contributed by atoms with Crippen molar-refractivity contribution in [2.24, 2.45) is 5.73 Å². The molecule has 1 aromatic heterocycles. The molecular weight excluding hydrogens is 218 g/mol. The van der Waals surface area contributed by atoms with Crippen molar-refractivity contribution < 1.29 is 4.79 Å². The lowest BCUT2D eigenvalue weighted by atomic mass is 10.1. The Bertz CT molecular complexity index is 400. The maximum Gasteiger partial charge on any atom is 0.293 e. The van der Waals surface area contributed by atoms with Crippen LogP contribution in [0.5, 0.6) is 0 Å². The van der Waals surface area contributed by atoms with Crippen LogP contribution >= 0.6 is 0 Å². The third kappa shape index (κ3) is 2.63. The fourth-order valence-electron chi connectivity index (χ4n) is 1.96. The predicted octanol–water partition coefficient (Wildman–Crippen LogP) is 0.491. The number of nitrogens with one attached hydrogen (secondary N) is 1. The van der Waals surface area contributed by atoms with Gasteiger partial charge in [-0.2, -0.15) is 0 Å². The lowest BCUT2D eigenvalue weighted by Gasteiger charge is -2.29. The Morgan fingerprint density at radius 1 is 1.59 bits per heavy atom. The number of H-pyrrole nitrogens is 1. The Morgan fingerprint density at radius 3 is 2.94 bits per heavy atom. The molecule has 1 aliphatic heterocycles. The van der Waals surface area contributed by atoms with Gasteiger partial charge < -0.3 is 10.6 Å². The van der Waals surface area contributed by atoms with Crippen LogP contribution in [0, 0.1) is 0 Å². The Kier molecular flexibility index (Phi) is 3.42. The number of hydrogen-bond acceptors (Lipinski definition) is 4. The summed E-state index contributed by atoms with van der Waals surface area (Å²) in [5.74, 6) is 1.12. The first kappa shape index (κ1) is 12.0. The number of nitrogens with zero attached hydrogens (tertiary/aromatic N) is 3. The van der Waals surface area contributed by atoms with Crippen LogP contribution < -0.4 is 5.73 Å². The molecule has 1 amide bonds. The first-order valence-corrected chi connectivity index (χ1v) is 6.05. The summed E-state index contributed by atoms with van der Waals surface area (Å²) in [6.45, 7) is 5.36. The first-order chi connectivity index (χ1) is 8.08. The fraction of sp³-hybridized carbons (Fsp3) is 0.727. The molecule has 0 saturated carbocycles. The third-order valence-corrected chi connectivity index (χ3v) is 2.99. The van der Waals surface area contributed by atoms with E-state index >= 15 is 0 Å². The number of hydrogen-bond donors (Lipinski definition) is 2. The summed E-state index contributed by atoms with van der Waals surface area (Å²) in [6, 6.07) is 0.0798. The predicted molar refractivity (Wildman–Crippen MR) is 63.6 cm³/mol. The van der Waals surface area contributed by atoms with E-state index in [1.807, 2.05) is 13.8 Å². The second kappa shape index (κ2) is 4.83. The van der Waals surface area contributed by atoms with E-state index in [4.69, 9.17) is 5.73 Å². The molecule has 2 heterocycles. The van der Waals surface area contributed by atoms with Gasteiger partial charge in [-0.3, -0.25) is 9.89 Å². The van der Waals surface area contributed by atoms with Gasteiger partial charge in [-0.15, -0.1) is 5.10 Å². The minimum Gasteiger partial charge on any atom is -0.334 e. The van der Waals surface area contributed by atoms with Crippen molar-refractivity contribution in [1.29, 1.82) is 0 Å². The van der Waals surface area contributed by atoms with Crippen LogP contribution in [0.1, 0.15) is 49.1 Å². The molecule has 1 aliphatic rings. The van der Waals surface area contributed by atoms with Crippen LogP contribution in [0.4, 0.5) is 0 Å². The molecular formula is C11H19N5O. The monoisotopic (exact) mass is 237 g/mol. The van der Waals surface area contributed by atoms with Crippen molar-refractivity contribution in [2.75, 3.05) is 13.1 Å². The highest BCUT2D eigenvalue weighted by atomic mass is 16.2. The molecule has 3 N–H and O–H groups in total. The molecule has 1 saturated heterocycles. The number of piperidine rings is 1. The third-order valence-electron chi connectivity index (χ3n) is 2.99. The zero-order valence-corrected chi connectivity index (χ0v) is 10.3. The van der Waals surface area contributed by atoms with Gasteiger partial charge in [0.15, 0.2) is 0 Å². The van der Waals surface area contributed by atoms with Gasteiger partial charge in [0, 0.05) is 25.0 Å². The Balaban J connectivity index is 2.07. The quantitative estimate of drug-likeness (QED) is 0.783. The fourth-order valence-corrected chi connectivity index (χ4v) is 1.96. The lowest BCUT2D eigenvalue weighted by Crippen LogP contribution is -2.46. The highest BCUT2D eigenvalue weighted by Gasteiger charge is 2.25. The number of aromatic nitrogens is 3. The van der Waals surface area contributed by atoms with Crippen LogP contribution in [0.25, 0.3) is 0 Å². The van der Waals surface area contributed by atoms with Crippen LogP contribution in [-0.4, -0.2) is 45.1 Å². The van der Waals surface area contributed by atoms with Crippen LogP contribution in [0.3, 0.4) is 0 Å². The average molecular weight is 237 g/mol. The van der Waals surface area contributed by atoms with E-state index in [1.54, 1.807) is 4.90 Å². The van der Waals surface area contributed by atoms with Gasteiger partial charge >= 0.3 is 0 Å². The minimum atomic E-state index is -0.122. The van der Waals surface area contributed by atoms with Gasteiger partial charge in [0.1, 0.15) is 5.82 Å². The van der Waals surface area contributed by atoms with Crippen molar-refractivity contribution in [2.45, 2.75) is 38.6 Å². The van der Waals surface area contributed by atoms with Crippen LogP contribution in [-0.2, 0) is 0 Å². The topological polar surface area (TPSA) is 87.9 Å². The number of carbonyl (C=O) groups is 1. The molecule has 0 aromatic carbocycles. The van der Waals surface area contributed by atoms with Crippen molar-refractivity contribution in [3.05, 3.63) is 11.6 Å². The Hall–Kier alpha value is -1.43. The van der Waals surface area contributed by atoms with E-state index in [1.165, 1.54) is 0 Å². The van der Waals surface area contributed by atoms with Crippen molar-refractivity contribution in [1.82, 2.24) is 20.1 Å². The van der Waals surface area contributed by atoms with Gasteiger partial charge in [0.2, 0.25) is 5.82 Å². The molecule has 6 heteroatoms. The maximum absolute atomic E-state index is 12.1. The lowest BCUT2D eigenvalue weighted by molar-refractivity contribution is 0.0697. The van der Waals surface area contributed by atoms with E-state index in [2.05, 4.69) is 15.2 Å². The number of carbonyl (C=O) groups excluding carboxylic acids is 1. The number of rotatable bonds is 2. The van der Waals surface area contributed by atoms with E-state index < -0.39 is 0 Å². The second-order valence-corrected chi connectivity index (χ2v) is 4.85. The summed E-state index contributed by atoms with van der Waals surface area (Å²) >= 11 is 0. The molecule has 1 atom stereocenters. The van der Waals surface area contributed by atoms with Crippen LogP contribution in [0.15, 0.2) is 0 Å². The van der Waals surface area contributed by atoms with Crippen molar-refractivity contribution >= 4 is 5.91 Å². The Morgan fingerprint density at radius 2 is 2.35 bits per heavy atom. The van der Waals surface area contributed by atoms with Gasteiger partial charge in [-0.05, 0) is 12.8 Å². The average Bonchev–Trinajstić information content (AvgIpc) is 2.77. The standard InChI is InChI=1S/C11H19N5O/c1-7(2)9-13-10(15-14-9)11(17)16-5-3-4-8(12)6-16/h7-8H,3-6,12H2,1-2H3,(H,13,14,15)/t8-/m1/s1. The summed E-state index contributed by atoms with van der Waals surface area (Å²) < 4.78 is 0. The molecule has 1 aromatic rings. The van der Waals surface area contributed by atoms with Crippen molar-refractivity contribution in [3.8, 4) is 0 Å². The van der Waals surface area contributed by atoms with E-state index in [9.17, 15) is 4.79 Å². The van der Waals surface area contributed by atoms with Gasteiger partial charge in [0.05, 0.1) is 0 Å². The molecule has 0 aliphatic carbocycles. The molecule has 94 valence electrons. The summed E-state index contributed by atoms with van der Waals surface area (Å²) in [5.41, 5.74) is 5.85.